The van der Waals surface area contributed by atoms with Crippen molar-refractivity contribution in [2.24, 2.45) is 0 Å². The number of thioether (sulfide) groups is 1. The number of hydrogen-bond donors (Lipinski definition) is 2. The first-order valence-corrected chi connectivity index (χ1v) is 8.03. The second-order valence-electron chi connectivity index (χ2n) is 5.21. The first-order valence-electron chi connectivity index (χ1n) is 7.21. The van der Waals surface area contributed by atoms with E-state index >= 15 is 0 Å². The monoisotopic (exact) mass is 324 g/mol. The molecule has 0 aliphatic carbocycles. The van der Waals surface area contributed by atoms with Crippen LogP contribution in [0.5, 0.6) is 0 Å². The Balaban J connectivity index is 1.92. The Kier molecular flexibility index (Phi) is 4.21. The van der Waals surface area contributed by atoms with Crippen LogP contribution in [0.3, 0.4) is 0 Å². The summed E-state index contributed by atoms with van der Waals surface area (Å²) in [6, 6.07) is 16.1. The van der Waals surface area contributed by atoms with Gasteiger partial charge in [-0.1, -0.05) is 36.4 Å². The number of allylic oxidation sites excluding steroid dienone is 1. The van der Waals surface area contributed by atoms with Crippen LogP contribution in [0.15, 0.2) is 53.4 Å². The van der Waals surface area contributed by atoms with Crippen LogP contribution in [0.1, 0.15) is 12.5 Å². The molecule has 23 heavy (non-hydrogen) atoms. The Morgan fingerprint density at radius 1 is 1.04 bits per heavy atom. The molecule has 1 saturated heterocycles. The largest absolute Gasteiger partial charge is 0.388 e. The lowest BCUT2D eigenvalue weighted by molar-refractivity contribution is -0.115. The van der Waals surface area contributed by atoms with E-state index in [0.29, 0.717) is 4.91 Å². The first-order chi connectivity index (χ1) is 11.1. The number of rotatable bonds is 3. The zero-order chi connectivity index (χ0) is 16.4. The van der Waals surface area contributed by atoms with E-state index in [4.69, 9.17) is 0 Å². The maximum atomic E-state index is 11.7. The van der Waals surface area contributed by atoms with Gasteiger partial charge in [-0.2, -0.15) is 0 Å². The third-order valence-corrected chi connectivity index (χ3v) is 4.74. The van der Waals surface area contributed by atoms with Gasteiger partial charge < -0.3 is 5.32 Å². The molecule has 0 radical (unpaired) electrons. The predicted molar refractivity (Wildman–Crippen MR) is 95.1 cm³/mol. The molecule has 0 unspecified atom stereocenters. The summed E-state index contributed by atoms with van der Waals surface area (Å²) < 4.78 is 0. The van der Waals surface area contributed by atoms with Crippen molar-refractivity contribution in [3.8, 4) is 11.1 Å². The molecule has 2 aromatic carbocycles. The fourth-order valence-electron chi connectivity index (χ4n) is 2.46. The lowest BCUT2D eigenvalue weighted by Gasteiger charge is -2.08. The Bertz CT molecular complexity index is 810. The van der Waals surface area contributed by atoms with Crippen molar-refractivity contribution in [2.75, 3.05) is 12.4 Å². The summed E-state index contributed by atoms with van der Waals surface area (Å²) in [4.78, 5) is 23.5. The van der Waals surface area contributed by atoms with Gasteiger partial charge in [-0.15, -0.1) is 0 Å². The van der Waals surface area contributed by atoms with Crippen LogP contribution in [0, 0.1) is 0 Å². The summed E-state index contributed by atoms with van der Waals surface area (Å²) in [6.45, 7) is 1.86. The molecule has 0 bridgehead atoms. The summed E-state index contributed by atoms with van der Waals surface area (Å²) in [5.41, 5.74) is 5.03. The van der Waals surface area contributed by atoms with Crippen LogP contribution in [0.2, 0.25) is 0 Å². The van der Waals surface area contributed by atoms with Crippen molar-refractivity contribution in [3.05, 3.63) is 59.0 Å². The smallest absolute Gasteiger partial charge is 0.290 e. The molecule has 1 heterocycles. The Labute approximate surface area is 139 Å². The minimum atomic E-state index is -0.316. The molecule has 5 heteroatoms. The van der Waals surface area contributed by atoms with Gasteiger partial charge in [0.05, 0.1) is 4.91 Å². The molecule has 4 nitrogen and oxygen atoms in total. The number of carbonyl (C=O) groups is 2. The minimum Gasteiger partial charge on any atom is -0.388 e. The molecular formula is C18H16N2O2S. The molecule has 1 aliphatic heterocycles. The molecule has 116 valence electrons. The second-order valence-corrected chi connectivity index (χ2v) is 6.19. The van der Waals surface area contributed by atoms with Gasteiger partial charge >= 0.3 is 0 Å². The fraction of sp³-hybridized carbons (Fsp3) is 0.111. The number of nitrogens with one attached hydrogen (secondary N) is 2. The van der Waals surface area contributed by atoms with Gasteiger partial charge in [-0.05, 0) is 53.1 Å². The van der Waals surface area contributed by atoms with Crippen LogP contribution < -0.4 is 10.6 Å². The molecule has 1 aliphatic rings. The molecule has 2 amide bonds. The van der Waals surface area contributed by atoms with Crippen LogP contribution in [0.4, 0.5) is 10.5 Å². The highest BCUT2D eigenvalue weighted by Crippen LogP contribution is 2.32. The van der Waals surface area contributed by atoms with E-state index < -0.39 is 0 Å². The van der Waals surface area contributed by atoms with Crippen molar-refractivity contribution in [1.29, 1.82) is 0 Å². The van der Waals surface area contributed by atoms with E-state index in [1.54, 1.807) is 0 Å². The van der Waals surface area contributed by atoms with Crippen LogP contribution in [-0.4, -0.2) is 18.2 Å². The van der Waals surface area contributed by atoms with Gasteiger partial charge in [0.15, 0.2) is 0 Å². The summed E-state index contributed by atoms with van der Waals surface area (Å²) in [5, 5.41) is 5.10. The highest BCUT2D eigenvalue weighted by Gasteiger charge is 2.27. The number of amides is 2. The molecule has 0 aromatic heterocycles. The SMILES string of the molecule is CNc1cccc(-c2ccc(C(C)=C3SC(=O)NC3=O)cc2)c1. The predicted octanol–water partition coefficient (Wildman–Crippen LogP) is 4.11. The first kappa shape index (κ1) is 15.4. The molecule has 0 atom stereocenters. The maximum absolute atomic E-state index is 11.7. The van der Waals surface area contributed by atoms with Gasteiger partial charge in [0.1, 0.15) is 0 Å². The average molecular weight is 324 g/mol. The highest BCUT2D eigenvalue weighted by molar-refractivity contribution is 8.18. The minimum absolute atomic E-state index is 0.315. The van der Waals surface area contributed by atoms with Crippen LogP contribution >= 0.6 is 11.8 Å². The summed E-state index contributed by atoms with van der Waals surface area (Å²) in [6.07, 6.45) is 0. The third kappa shape index (κ3) is 3.14. The quantitative estimate of drug-likeness (QED) is 0.834. The van der Waals surface area contributed by atoms with Crippen molar-refractivity contribution in [1.82, 2.24) is 5.32 Å². The van der Waals surface area contributed by atoms with E-state index in [2.05, 4.69) is 22.8 Å². The Hall–Kier alpha value is -2.53. The van der Waals surface area contributed by atoms with E-state index in [1.165, 1.54) is 0 Å². The fourth-order valence-corrected chi connectivity index (χ4v) is 3.20. The number of anilines is 1. The zero-order valence-electron chi connectivity index (χ0n) is 12.8. The summed E-state index contributed by atoms with van der Waals surface area (Å²) in [7, 11) is 1.89. The van der Waals surface area contributed by atoms with E-state index in [-0.39, 0.29) is 11.1 Å². The molecule has 0 spiro atoms. The number of hydrogen-bond acceptors (Lipinski definition) is 4. The molecule has 3 rings (SSSR count). The molecule has 2 aromatic rings. The Morgan fingerprint density at radius 2 is 1.78 bits per heavy atom. The molecule has 1 fully saturated rings. The van der Waals surface area contributed by atoms with Gasteiger partial charge in [-0.3, -0.25) is 14.9 Å². The van der Waals surface area contributed by atoms with Gasteiger partial charge in [-0.25, -0.2) is 0 Å². The average Bonchev–Trinajstić information content (AvgIpc) is 2.93. The van der Waals surface area contributed by atoms with E-state index in [0.717, 1.165) is 39.7 Å². The lowest BCUT2D eigenvalue weighted by atomic mass is 10.0. The number of carbonyl (C=O) groups excluding carboxylic acids is 2. The lowest BCUT2D eigenvalue weighted by Crippen LogP contribution is -2.18. The second kappa shape index (κ2) is 6.30. The van der Waals surface area contributed by atoms with E-state index in [1.807, 2.05) is 50.4 Å². The number of imide groups is 1. The topological polar surface area (TPSA) is 58.2 Å². The standard InChI is InChI=1S/C18H16N2O2S/c1-11(16-17(21)20-18(22)23-16)12-6-8-13(9-7-12)14-4-3-5-15(10-14)19-2/h3-10,19H,1-2H3,(H,20,21,22). The summed E-state index contributed by atoms with van der Waals surface area (Å²) in [5.74, 6) is -0.316. The van der Waals surface area contributed by atoms with E-state index in [9.17, 15) is 9.59 Å². The van der Waals surface area contributed by atoms with Crippen molar-refractivity contribution in [3.63, 3.8) is 0 Å². The maximum Gasteiger partial charge on any atom is 0.290 e. The molecule has 0 saturated carbocycles. The van der Waals surface area contributed by atoms with Crippen molar-refractivity contribution < 1.29 is 9.59 Å². The van der Waals surface area contributed by atoms with Crippen molar-refractivity contribution in [2.45, 2.75) is 6.92 Å². The number of benzene rings is 2. The molecule has 2 N–H and O–H groups in total. The van der Waals surface area contributed by atoms with Gasteiger partial charge in [0, 0.05) is 12.7 Å². The van der Waals surface area contributed by atoms with Gasteiger partial charge in [0.2, 0.25) is 0 Å². The van der Waals surface area contributed by atoms with Gasteiger partial charge in [0.25, 0.3) is 11.1 Å². The highest BCUT2D eigenvalue weighted by atomic mass is 32.2. The van der Waals surface area contributed by atoms with Crippen LogP contribution in [0.25, 0.3) is 16.7 Å². The zero-order valence-corrected chi connectivity index (χ0v) is 13.7. The van der Waals surface area contributed by atoms with Crippen molar-refractivity contribution >= 4 is 34.2 Å². The summed E-state index contributed by atoms with van der Waals surface area (Å²) >= 11 is 0.954. The molecular weight excluding hydrogens is 308 g/mol. The normalized spacial score (nSPS) is 16.3. The third-order valence-electron chi connectivity index (χ3n) is 3.76. The Morgan fingerprint density at radius 3 is 2.39 bits per heavy atom. The van der Waals surface area contributed by atoms with Crippen LogP contribution in [-0.2, 0) is 4.79 Å².